The van der Waals surface area contributed by atoms with Gasteiger partial charge in [-0.15, -0.1) is 0 Å². The van der Waals surface area contributed by atoms with Crippen molar-refractivity contribution >= 4 is 164 Å². The average molecular weight is 1070 g/mol. The van der Waals surface area contributed by atoms with Crippen LogP contribution < -0.4 is 0 Å². The van der Waals surface area contributed by atoms with Gasteiger partial charge in [0.1, 0.15) is 22.3 Å². The van der Waals surface area contributed by atoms with Crippen LogP contribution >= 0.6 is 0 Å². The van der Waals surface area contributed by atoms with E-state index in [4.69, 9.17) is 8.83 Å². The van der Waals surface area contributed by atoms with Crippen molar-refractivity contribution in [1.29, 1.82) is 0 Å². The molecule has 0 fully saturated rings. The van der Waals surface area contributed by atoms with Crippen LogP contribution in [0.4, 0.5) is 0 Å². The van der Waals surface area contributed by atoms with Crippen LogP contribution in [0.25, 0.3) is 197 Å². The summed E-state index contributed by atoms with van der Waals surface area (Å²) in [7, 11) is 0. The summed E-state index contributed by atoms with van der Waals surface area (Å²) in [6.45, 7) is 0. The van der Waals surface area contributed by atoms with Crippen LogP contribution in [0.1, 0.15) is 0 Å². The normalized spacial score (nSPS) is 12.8. The van der Waals surface area contributed by atoms with Crippen LogP contribution in [0.2, 0.25) is 0 Å². The lowest BCUT2D eigenvalue weighted by atomic mass is 9.88. The Hall–Kier alpha value is -11.3. The fourth-order valence-electron chi connectivity index (χ4n) is 15.8. The summed E-state index contributed by atoms with van der Waals surface area (Å²) in [6, 6.07) is 94.0. The average Bonchev–Trinajstić information content (AvgIpc) is 1.52. The first kappa shape index (κ1) is 43.5. The Bertz CT molecular complexity index is 6070. The number of hydrogen-bond acceptors (Lipinski definition) is 2. The van der Waals surface area contributed by atoms with Crippen molar-refractivity contribution in [3.63, 3.8) is 0 Å². The molecule has 8 aromatic heterocycles. The topological polar surface area (TPSA) is 45.0 Å². The first-order chi connectivity index (χ1) is 41.7. The summed E-state index contributed by atoms with van der Waals surface area (Å²) in [4.78, 5) is 0. The number of aromatic nitrogens is 4. The fourth-order valence-corrected chi connectivity index (χ4v) is 15.8. The molecular weight excluding hydrogens is 1020 g/mol. The summed E-state index contributed by atoms with van der Waals surface area (Å²) in [5.41, 5.74) is 22.3. The van der Waals surface area contributed by atoms with E-state index in [2.05, 4.69) is 273 Å². The SMILES string of the molecule is c1ccc(-n2c3ccccc3c3ccc4c(c5cccc6c7c(-c8ccc9oc%10ccccc%10c9c8)c8c(c(-c9ccc%10oc%11ccccc%11c%10c9)c7n4c65)c4cccc5c6c7c(ccc6n8c45)c4ccccc4n7-c4ccccc4)c32)cc1. The van der Waals surface area contributed by atoms with Gasteiger partial charge in [-0.1, -0.05) is 170 Å². The van der Waals surface area contributed by atoms with Gasteiger partial charge in [-0.25, -0.2) is 0 Å². The number of hydrogen-bond donors (Lipinski definition) is 0. The van der Waals surface area contributed by atoms with Crippen LogP contribution in [0.15, 0.2) is 264 Å². The van der Waals surface area contributed by atoms with Crippen molar-refractivity contribution in [2.45, 2.75) is 0 Å². The second-order valence-corrected chi connectivity index (χ2v) is 23.0. The molecule has 0 amide bonds. The molecule has 6 nitrogen and oxygen atoms in total. The predicted octanol–water partition coefficient (Wildman–Crippen LogP) is 21.3. The third-order valence-corrected chi connectivity index (χ3v) is 19.0. The molecule has 13 aromatic carbocycles. The van der Waals surface area contributed by atoms with Crippen molar-refractivity contribution in [3.05, 3.63) is 255 Å². The van der Waals surface area contributed by atoms with Crippen LogP contribution in [-0.2, 0) is 0 Å². The Balaban J connectivity index is 1.04. The van der Waals surface area contributed by atoms with Gasteiger partial charge in [-0.2, -0.15) is 0 Å². The zero-order valence-corrected chi connectivity index (χ0v) is 44.9. The summed E-state index contributed by atoms with van der Waals surface area (Å²) in [5, 5.41) is 19.1. The Kier molecular flexibility index (Phi) is 7.94. The van der Waals surface area contributed by atoms with Crippen LogP contribution in [-0.4, -0.2) is 17.9 Å². The number of nitrogens with zero attached hydrogens (tertiary/aromatic N) is 4. The van der Waals surface area contributed by atoms with Crippen LogP contribution in [0.3, 0.4) is 0 Å². The maximum atomic E-state index is 6.63. The van der Waals surface area contributed by atoms with E-state index in [1.165, 1.54) is 131 Å². The molecule has 21 aromatic rings. The van der Waals surface area contributed by atoms with E-state index in [-0.39, 0.29) is 0 Å². The molecule has 0 unspecified atom stereocenters. The lowest BCUT2D eigenvalue weighted by Crippen LogP contribution is -1.95. The molecule has 0 atom stereocenters. The predicted molar refractivity (Wildman–Crippen MR) is 350 cm³/mol. The Morgan fingerprint density at radius 2 is 0.583 bits per heavy atom. The third-order valence-electron chi connectivity index (χ3n) is 19.0. The van der Waals surface area contributed by atoms with E-state index < -0.39 is 0 Å². The van der Waals surface area contributed by atoms with Crippen LogP contribution in [0, 0.1) is 0 Å². The molecule has 0 saturated carbocycles. The van der Waals surface area contributed by atoms with Gasteiger partial charge in [0.15, 0.2) is 0 Å². The lowest BCUT2D eigenvalue weighted by Gasteiger charge is -2.16. The first-order valence-electron chi connectivity index (χ1n) is 28.9. The third kappa shape index (κ3) is 5.21. The molecule has 0 aliphatic heterocycles. The monoisotopic (exact) mass is 1070 g/mol. The molecule has 84 heavy (non-hydrogen) atoms. The number of para-hydroxylation sites is 8. The minimum Gasteiger partial charge on any atom is -0.456 e. The molecule has 0 aliphatic rings. The Morgan fingerprint density at radius 1 is 0.214 bits per heavy atom. The van der Waals surface area contributed by atoms with E-state index in [1.807, 2.05) is 0 Å². The highest BCUT2D eigenvalue weighted by molar-refractivity contribution is 6.41. The van der Waals surface area contributed by atoms with E-state index in [1.54, 1.807) is 0 Å². The highest BCUT2D eigenvalue weighted by Gasteiger charge is 2.33. The summed E-state index contributed by atoms with van der Waals surface area (Å²) in [6.07, 6.45) is 0. The van der Waals surface area contributed by atoms with Crippen molar-refractivity contribution in [3.8, 4) is 33.6 Å². The molecule has 0 N–H and O–H groups in total. The molecule has 0 radical (unpaired) electrons. The quantitative estimate of drug-likeness (QED) is 0.176. The van der Waals surface area contributed by atoms with E-state index >= 15 is 0 Å². The maximum Gasteiger partial charge on any atom is 0.135 e. The number of rotatable bonds is 4. The summed E-state index contributed by atoms with van der Waals surface area (Å²) < 4.78 is 23.6. The molecule has 0 bridgehead atoms. The van der Waals surface area contributed by atoms with Crippen molar-refractivity contribution in [2.75, 3.05) is 0 Å². The van der Waals surface area contributed by atoms with Crippen molar-refractivity contribution in [1.82, 2.24) is 17.9 Å². The summed E-state index contributed by atoms with van der Waals surface area (Å²) in [5.74, 6) is 0. The standard InChI is InChI=1S/C78H42N4O2/c1-3-17-45(18-4-1)79-59-29-11-7-21-47(59)51-35-37-61-69(75(51)79)53-25-15-27-55-71-68(44-34-40-66-58(42-44)50-24-10-14-32-64(50)84-66)78-72(67(77(71)81(61)73(53)55)43-33-39-65-57(41-43)49-23-9-13-31-63(49)83-65)56-28-16-26-54-70-62(82(78)74(54)56)38-36-52-48-22-8-12-30-60(48)80(76(52)70)46-19-5-2-6-20-46/h1-42H. The second kappa shape index (κ2) is 15.4. The van der Waals surface area contributed by atoms with Gasteiger partial charge in [0.2, 0.25) is 0 Å². The number of fused-ring (bicyclic) bond motifs is 26. The van der Waals surface area contributed by atoms with Gasteiger partial charge >= 0.3 is 0 Å². The molecule has 0 saturated heterocycles. The highest BCUT2D eigenvalue weighted by Crippen LogP contribution is 2.56. The maximum absolute atomic E-state index is 6.63. The van der Waals surface area contributed by atoms with Gasteiger partial charge in [-0.3, -0.25) is 0 Å². The fraction of sp³-hybridized carbons (Fsp3) is 0. The van der Waals surface area contributed by atoms with E-state index in [0.717, 1.165) is 66.4 Å². The minimum atomic E-state index is 0.871. The number of furan rings is 2. The Morgan fingerprint density at radius 3 is 1.04 bits per heavy atom. The second-order valence-electron chi connectivity index (χ2n) is 23.0. The minimum absolute atomic E-state index is 0.871. The molecule has 386 valence electrons. The molecular formula is C78H42N4O2. The van der Waals surface area contributed by atoms with Crippen LogP contribution in [0.5, 0.6) is 0 Å². The van der Waals surface area contributed by atoms with Crippen molar-refractivity contribution in [2.24, 2.45) is 0 Å². The zero-order chi connectivity index (χ0) is 54.2. The van der Waals surface area contributed by atoms with Gasteiger partial charge in [0.25, 0.3) is 0 Å². The molecule has 21 rings (SSSR count). The van der Waals surface area contributed by atoms with E-state index in [0.29, 0.717) is 0 Å². The zero-order valence-electron chi connectivity index (χ0n) is 44.9. The molecule has 8 heterocycles. The first-order valence-corrected chi connectivity index (χ1v) is 28.9. The van der Waals surface area contributed by atoms with Crippen molar-refractivity contribution < 1.29 is 8.83 Å². The molecule has 0 aliphatic carbocycles. The summed E-state index contributed by atoms with van der Waals surface area (Å²) >= 11 is 0. The van der Waals surface area contributed by atoms with E-state index in [9.17, 15) is 0 Å². The smallest absolute Gasteiger partial charge is 0.135 e. The van der Waals surface area contributed by atoms with Gasteiger partial charge in [0, 0.05) is 109 Å². The Labute approximate surface area is 476 Å². The molecule has 6 heteroatoms. The molecule has 0 spiro atoms. The van der Waals surface area contributed by atoms with Gasteiger partial charge < -0.3 is 26.8 Å². The number of benzene rings is 13. The lowest BCUT2D eigenvalue weighted by molar-refractivity contribution is 0.668. The van der Waals surface area contributed by atoms with Gasteiger partial charge in [-0.05, 0) is 96.1 Å². The van der Waals surface area contributed by atoms with Gasteiger partial charge in [0.05, 0.1) is 55.2 Å². The highest BCUT2D eigenvalue weighted by atomic mass is 16.3. The largest absolute Gasteiger partial charge is 0.456 e.